The summed E-state index contributed by atoms with van der Waals surface area (Å²) >= 11 is 1.59. The Balaban J connectivity index is 1.61. The first-order chi connectivity index (χ1) is 13.1. The molecule has 140 valence electrons. The van der Waals surface area contributed by atoms with Gasteiger partial charge >= 0.3 is 0 Å². The molecule has 2 aliphatic heterocycles. The third-order valence-electron chi connectivity index (χ3n) is 4.93. The number of likely N-dealkylation sites (N-methyl/N-ethyl adjacent to an activating group) is 1. The maximum atomic E-state index is 13.2. The van der Waals surface area contributed by atoms with Crippen molar-refractivity contribution in [1.82, 2.24) is 15.5 Å². The van der Waals surface area contributed by atoms with Gasteiger partial charge in [0.05, 0.1) is 17.8 Å². The highest BCUT2D eigenvalue weighted by molar-refractivity contribution is 7.08. The van der Waals surface area contributed by atoms with Crippen molar-refractivity contribution in [2.24, 2.45) is 0 Å². The summed E-state index contributed by atoms with van der Waals surface area (Å²) in [6.07, 6.45) is 0.415. The number of fused-ring (bicyclic) bond motifs is 2. The van der Waals surface area contributed by atoms with Crippen LogP contribution in [-0.4, -0.2) is 54.8 Å². The van der Waals surface area contributed by atoms with Gasteiger partial charge in [-0.25, -0.2) is 0 Å². The smallest absolute Gasteiger partial charge is 0.256 e. The van der Waals surface area contributed by atoms with Crippen molar-refractivity contribution < 1.29 is 14.4 Å². The standard InChI is InChI=1S/C19H20N4O3S/c1-20-8-17(24)21-13-7-16-18(25)22-15-3-2-11(12-4-5-27-10-12)6-14(15)19(26)23(16)9-13/h2-6,10,13,16,20H,7-9H2,1H3,(H,21,24)(H,22,25)/t13-,16-/m0/s1. The predicted octanol–water partition coefficient (Wildman–Crippen LogP) is 1.29. The van der Waals surface area contributed by atoms with Crippen LogP contribution in [0.25, 0.3) is 11.1 Å². The number of carbonyl (C=O) groups excluding carboxylic acids is 3. The van der Waals surface area contributed by atoms with E-state index in [9.17, 15) is 14.4 Å². The van der Waals surface area contributed by atoms with E-state index in [1.54, 1.807) is 29.4 Å². The number of anilines is 1. The Morgan fingerprint density at radius 1 is 1.30 bits per heavy atom. The monoisotopic (exact) mass is 384 g/mol. The fourth-order valence-electron chi connectivity index (χ4n) is 3.66. The van der Waals surface area contributed by atoms with Crippen molar-refractivity contribution in [3.8, 4) is 11.1 Å². The Bertz CT molecular complexity index is 896. The van der Waals surface area contributed by atoms with Crippen LogP contribution in [0.15, 0.2) is 35.0 Å². The lowest BCUT2D eigenvalue weighted by Gasteiger charge is -2.20. The van der Waals surface area contributed by atoms with Crippen molar-refractivity contribution in [1.29, 1.82) is 0 Å². The predicted molar refractivity (Wildman–Crippen MR) is 104 cm³/mol. The average molecular weight is 384 g/mol. The van der Waals surface area contributed by atoms with Crippen LogP contribution in [0, 0.1) is 0 Å². The Morgan fingerprint density at radius 3 is 2.89 bits per heavy atom. The van der Waals surface area contributed by atoms with E-state index in [1.807, 2.05) is 29.0 Å². The highest BCUT2D eigenvalue weighted by atomic mass is 32.1. The molecule has 0 aliphatic carbocycles. The van der Waals surface area contributed by atoms with E-state index in [2.05, 4.69) is 16.0 Å². The number of rotatable bonds is 4. The van der Waals surface area contributed by atoms with Gasteiger partial charge in [0, 0.05) is 12.6 Å². The third-order valence-corrected chi connectivity index (χ3v) is 5.61. The van der Waals surface area contributed by atoms with Crippen LogP contribution in [0.4, 0.5) is 5.69 Å². The Labute approximate surface area is 160 Å². The van der Waals surface area contributed by atoms with Gasteiger partial charge < -0.3 is 20.9 Å². The number of nitrogens with one attached hydrogen (secondary N) is 3. The molecule has 1 aromatic heterocycles. The average Bonchev–Trinajstić information content (AvgIpc) is 3.30. The van der Waals surface area contributed by atoms with Crippen LogP contribution in [-0.2, 0) is 9.59 Å². The summed E-state index contributed by atoms with van der Waals surface area (Å²) < 4.78 is 0. The first-order valence-electron chi connectivity index (χ1n) is 8.79. The summed E-state index contributed by atoms with van der Waals surface area (Å²) in [6, 6.07) is 6.72. The quantitative estimate of drug-likeness (QED) is 0.741. The molecular weight excluding hydrogens is 364 g/mol. The lowest BCUT2D eigenvalue weighted by atomic mass is 10.0. The number of thiophene rings is 1. The molecule has 7 nitrogen and oxygen atoms in total. The van der Waals surface area contributed by atoms with E-state index in [4.69, 9.17) is 0 Å². The topological polar surface area (TPSA) is 90.5 Å². The van der Waals surface area contributed by atoms with Gasteiger partial charge in [-0.15, -0.1) is 0 Å². The number of benzene rings is 1. The molecule has 1 aromatic carbocycles. The zero-order chi connectivity index (χ0) is 19.0. The van der Waals surface area contributed by atoms with Gasteiger partial charge in [-0.2, -0.15) is 11.3 Å². The summed E-state index contributed by atoms with van der Waals surface area (Å²) in [6.45, 7) is 0.530. The third kappa shape index (κ3) is 3.33. The fourth-order valence-corrected chi connectivity index (χ4v) is 4.33. The second kappa shape index (κ2) is 7.13. The summed E-state index contributed by atoms with van der Waals surface area (Å²) in [7, 11) is 1.70. The molecule has 0 bridgehead atoms. The normalized spacial score (nSPS) is 21.3. The molecule has 2 aromatic rings. The lowest BCUT2D eigenvalue weighted by molar-refractivity contribution is -0.121. The summed E-state index contributed by atoms with van der Waals surface area (Å²) in [5.41, 5.74) is 3.00. The van der Waals surface area contributed by atoms with Crippen LogP contribution < -0.4 is 16.0 Å². The van der Waals surface area contributed by atoms with Crippen LogP contribution >= 0.6 is 11.3 Å². The van der Waals surface area contributed by atoms with Crippen molar-refractivity contribution in [2.45, 2.75) is 18.5 Å². The molecule has 27 heavy (non-hydrogen) atoms. The molecule has 0 spiro atoms. The van der Waals surface area contributed by atoms with Crippen LogP contribution in [0.1, 0.15) is 16.8 Å². The molecular formula is C19H20N4O3S. The highest BCUT2D eigenvalue weighted by Crippen LogP contribution is 2.32. The zero-order valence-electron chi connectivity index (χ0n) is 14.8. The first-order valence-corrected chi connectivity index (χ1v) is 9.73. The highest BCUT2D eigenvalue weighted by Gasteiger charge is 2.43. The molecule has 1 saturated heterocycles. The number of hydrogen-bond acceptors (Lipinski definition) is 5. The van der Waals surface area contributed by atoms with Gasteiger partial charge in [-0.05, 0) is 53.6 Å². The van der Waals surface area contributed by atoms with Gasteiger partial charge in [0.2, 0.25) is 11.8 Å². The van der Waals surface area contributed by atoms with Crippen LogP contribution in [0.2, 0.25) is 0 Å². The second-order valence-corrected chi connectivity index (χ2v) is 7.55. The van der Waals surface area contributed by atoms with E-state index >= 15 is 0 Å². The van der Waals surface area contributed by atoms with E-state index in [0.29, 0.717) is 24.2 Å². The number of amides is 3. The molecule has 2 aliphatic rings. The molecule has 2 atom stereocenters. The number of carbonyl (C=O) groups is 3. The van der Waals surface area contributed by atoms with Gasteiger partial charge in [0.1, 0.15) is 6.04 Å². The molecule has 0 saturated carbocycles. The minimum atomic E-state index is -0.575. The summed E-state index contributed by atoms with van der Waals surface area (Å²) in [5.74, 6) is -0.542. The van der Waals surface area contributed by atoms with Gasteiger partial charge in [0.15, 0.2) is 0 Å². The van der Waals surface area contributed by atoms with E-state index in [0.717, 1.165) is 11.1 Å². The Kier molecular flexibility index (Phi) is 4.67. The maximum absolute atomic E-state index is 13.2. The van der Waals surface area contributed by atoms with Gasteiger partial charge in [-0.3, -0.25) is 14.4 Å². The summed E-state index contributed by atoms with van der Waals surface area (Å²) in [4.78, 5) is 39.2. The van der Waals surface area contributed by atoms with Gasteiger partial charge in [0.25, 0.3) is 5.91 Å². The molecule has 0 unspecified atom stereocenters. The molecule has 3 N–H and O–H groups in total. The SMILES string of the molecule is CNCC(=O)N[C@H]1C[C@H]2C(=O)Nc3ccc(-c4ccsc4)cc3C(=O)N2C1. The van der Waals surface area contributed by atoms with E-state index in [1.165, 1.54) is 0 Å². The largest absolute Gasteiger partial charge is 0.350 e. The van der Waals surface area contributed by atoms with Gasteiger partial charge in [-0.1, -0.05) is 6.07 Å². The lowest BCUT2D eigenvalue weighted by Crippen LogP contribution is -2.42. The number of hydrogen-bond donors (Lipinski definition) is 3. The second-order valence-electron chi connectivity index (χ2n) is 6.77. The molecule has 3 heterocycles. The Morgan fingerprint density at radius 2 is 2.15 bits per heavy atom. The van der Waals surface area contributed by atoms with Crippen molar-refractivity contribution in [3.63, 3.8) is 0 Å². The Hall–Kier alpha value is -2.71. The van der Waals surface area contributed by atoms with Crippen LogP contribution in [0.3, 0.4) is 0 Å². The maximum Gasteiger partial charge on any atom is 0.256 e. The van der Waals surface area contributed by atoms with E-state index in [-0.39, 0.29) is 30.3 Å². The van der Waals surface area contributed by atoms with Crippen molar-refractivity contribution in [2.75, 3.05) is 25.5 Å². The van der Waals surface area contributed by atoms with Crippen molar-refractivity contribution >= 4 is 34.7 Å². The minimum absolute atomic E-state index is 0.145. The summed E-state index contributed by atoms with van der Waals surface area (Å²) in [5, 5.41) is 12.6. The fraction of sp³-hybridized carbons (Fsp3) is 0.316. The molecule has 4 rings (SSSR count). The molecule has 8 heteroatoms. The molecule has 1 fully saturated rings. The van der Waals surface area contributed by atoms with Crippen molar-refractivity contribution in [3.05, 3.63) is 40.6 Å². The molecule has 0 radical (unpaired) electrons. The first kappa shape index (κ1) is 17.7. The zero-order valence-corrected chi connectivity index (χ0v) is 15.6. The number of nitrogens with zero attached hydrogens (tertiary/aromatic N) is 1. The van der Waals surface area contributed by atoms with Crippen LogP contribution in [0.5, 0.6) is 0 Å². The van der Waals surface area contributed by atoms with E-state index < -0.39 is 6.04 Å². The minimum Gasteiger partial charge on any atom is -0.350 e. The molecule has 3 amide bonds.